The minimum atomic E-state index is -1.52. The number of carbonyl (C=O) groups is 2. The number of rotatable bonds is 4. The fraction of sp³-hybridized carbons (Fsp3) is 0.429. The predicted octanol–water partition coefficient (Wildman–Crippen LogP) is 2.68. The van der Waals surface area contributed by atoms with E-state index in [1.54, 1.807) is 32.9 Å². The molecule has 21 heavy (non-hydrogen) atoms. The number of ether oxygens (including phenoxy) is 1. The molecule has 7 heteroatoms. The van der Waals surface area contributed by atoms with Gasteiger partial charge in [-0.1, -0.05) is 17.7 Å². The molecule has 0 radical (unpaired) electrons. The summed E-state index contributed by atoms with van der Waals surface area (Å²) in [6, 6.07) is 4.57. The van der Waals surface area contributed by atoms with Gasteiger partial charge in [-0.3, -0.25) is 5.32 Å². The normalized spacial score (nSPS) is 12.6. The topological polar surface area (TPSA) is 95.9 Å². The molecule has 116 valence electrons. The molecule has 1 atom stereocenters. The van der Waals surface area contributed by atoms with E-state index in [0.717, 1.165) is 0 Å². The van der Waals surface area contributed by atoms with Crippen LogP contribution >= 0.6 is 11.6 Å². The van der Waals surface area contributed by atoms with Crippen LogP contribution in [0.1, 0.15) is 26.3 Å². The van der Waals surface area contributed by atoms with Crippen LogP contribution in [-0.2, 0) is 16.0 Å². The Bertz CT molecular complexity index is 539. The van der Waals surface area contributed by atoms with Gasteiger partial charge in [0.05, 0.1) is 0 Å². The fourth-order valence-electron chi connectivity index (χ4n) is 1.51. The quantitative estimate of drug-likeness (QED) is 0.794. The van der Waals surface area contributed by atoms with Gasteiger partial charge >= 0.3 is 12.1 Å². The number of anilines is 1. The maximum atomic E-state index is 11.6. The van der Waals surface area contributed by atoms with Gasteiger partial charge in [0.25, 0.3) is 0 Å². The molecule has 3 N–H and O–H groups in total. The first-order chi connectivity index (χ1) is 9.58. The number of carboxylic acid groups (broad SMARTS) is 1. The molecule has 0 aliphatic carbocycles. The van der Waals surface area contributed by atoms with Crippen molar-refractivity contribution in [2.24, 2.45) is 0 Å². The highest BCUT2D eigenvalue weighted by Gasteiger charge is 2.18. The third-order valence-corrected chi connectivity index (χ3v) is 2.75. The zero-order valence-corrected chi connectivity index (χ0v) is 12.8. The Balaban J connectivity index is 2.74. The number of carbonyl (C=O) groups excluding carboxylic acids is 1. The van der Waals surface area contributed by atoms with Crippen LogP contribution < -0.4 is 5.32 Å². The molecule has 1 aromatic carbocycles. The van der Waals surface area contributed by atoms with E-state index < -0.39 is 23.8 Å². The van der Waals surface area contributed by atoms with Gasteiger partial charge in [0, 0.05) is 17.1 Å². The highest BCUT2D eigenvalue weighted by atomic mass is 35.5. The summed E-state index contributed by atoms with van der Waals surface area (Å²) in [6.45, 7) is 5.24. The van der Waals surface area contributed by atoms with Gasteiger partial charge in [0.15, 0.2) is 6.10 Å². The zero-order valence-electron chi connectivity index (χ0n) is 12.0. The third kappa shape index (κ3) is 6.01. The van der Waals surface area contributed by atoms with Crippen LogP contribution in [0.5, 0.6) is 0 Å². The zero-order chi connectivity index (χ0) is 16.2. The molecule has 1 unspecified atom stereocenters. The van der Waals surface area contributed by atoms with Gasteiger partial charge in [0.1, 0.15) is 5.60 Å². The molecule has 1 rings (SSSR count). The molecular formula is C14H18ClNO5. The minimum absolute atomic E-state index is 0.110. The Labute approximate surface area is 127 Å². The van der Waals surface area contributed by atoms with E-state index >= 15 is 0 Å². The van der Waals surface area contributed by atoms with E-state index in [2.05, 4.69) is 5.32 Å². The van der Waals surface area contributed by atoms with Crippen molar-refractivity contribution >= 4 is 29.4 Å². The van der Waals surface area contributed by atoms with Crippen LogP contribution in [0.15, 0.2) is 18.2 Å². The molecule has 0 heterocycles. The van der Waals surface area contributed by atoms with Crippen molar-refractivity contribution < 1.29 is 24.5 Å². The summed E-state index contributed by atoms with van der Waals surface area (Å²) >= 11 is 6.00. The van der Waals surface area contributed by atoms with E-state index in [0.29, 0.717) is 11.3 Å². The van der Waals surface area contributed by atoms with Crippen molar-refractivity contribution in [3.63, 3.8) is 0 Å². The smallest absolute Gasteiger partial charge is 0.412 e. The van der Waals surface area contributed by atoms with Crippen LogP contribution in [0, 0.1) is 0 Å². The molecule has 0 saturated heterocycles. The van der Waals surface area contributed by atoms with Gasteiger partial charge in [-0.15, -0.1) is 0 Å². The number of aliphatic hydroxyl groups is 1. The SMILES string of the molecule is CC(C)(C)OC(=O)Nc1ccc(CC(O)C(=O)O)c(Cl)c1. The van der Waals surface area contributed by atoms with E-state index in [4.69, 9.17) is 21.4 Å². The van der Waals surface area contributed by atoms with Crippen LogP contribution in [0.25, 0.3) is 0 Å². The number of halogens is 1. The van der Waals surface area contributed by atoms with Crippen molar-refractivity contribution in [3.8, 4) is 0 Å². The molecule has 0 aliphatic heterocycles. The standard InChI is InChI=1S/C14H18ClNO5/c1-14(2,3)21-13(20)16-9-5-4-8(10(15)7-9)6-11(17)12(18)19/h4-5,7,11,17H,6H2,1-3H3,(H,16,20)(H,18,19). The van der Waals surface area contributed by atoms with Crippen LogP contribution in [0.4, 0.5) is 10.5 Å². The average molecular weight is 316 g/mol. The van der Waals surface area contributed by atoms with Crippen LogP contribution in [-0.4, -0.2) is 34.0 Å². The number of aliphatic hydroxyl groups excluding tert-OH is 1. The van der Waals surface area contributed by atoms with Gasteiger partial charge in [-0.2, -0.15) is 0 Å². The molecule has 1 amide bonds. The van der Waals surface area contributed by atoms with Crippen molar-refractivity contribution in [2.45, 2.75) is 38.9 Å². The number of amides is 1. The largest absolute Gasteiger partial charge is 0.479 e. The number of nitrogens with one attached hydrogen (secondary N) is 1. The van der Waals surface area contributed by atoms with Gasteiger partial charge in [-0.25, -0.2) is 9.59 Å². The fourth-order valence-corrected chi connectivity index (χ4v) is 1.77. The Morgan fingerprint density at radius 2 is 2.00 bits per heavy atom. The van der Waals surface area contributed by atoms with E-state index in [-0.39, 0.29) is 11.4 Å². The molecule has 1 aromatic rings. The van der Waals surface area contributed by atoms with Gasteiger partial charge in [0.2, 0.25) is 0 Å². The highest BCUT2D eigenvalue weighted by Crippen LogP contribution is 2.23. The first-order valence-electron chi connectivity index (χ1n) is 6.28. The lowest BCUT2D eigenvalue weighted by Gasteiger charge is -2.19. The van der Waals surface area contributed by atoms with Crippen LogP contribution in [0.3, 0.4) is 0 Å². The Morgan fingerprint density at radius 3 is 2.48 bits per heavy atom. The number of hydrogen-bond acceptors (Lipinski definition) is 4. The first kappa shape index (κ1) is 17.3. The summed E-state index contributed by atoms with van der Waals surface area (Å²) in [7, 11) is 0. The van der Waals surface area contributed by atoms with Crippen molar-refractivity contribution in [2.75, 3.05) is 5.32 Å². The molecule has 0 aliphatic rings. The van der Waals surface area contributed by atoms with E-state index in [1.165, 1.54) is 6.07 Å². The Kier molecular flexibility index (Phi) is 5.57. The second-order valence-corrected chi connectivity index (χ2v) is 5.90. The lowest BCUT2D eigenvalue weighted by molar-refractivity contribution is -0.146. The summed E-state index contributed by atoms with van der Waals surface area (Å²) in [5.74, 6) is -1.32. The van der Waals surface area contributed by atoms with Gasteiger partial charge in [-0.05, 0) is 38.5 Å². The maximum absolute atomic E-state index is 11.6. The minimum Gasteiger partial charge on any atom is -0.479 e. The summed E-state index contributed by atoms with van der Waals surface area (Å²) in [6.07, 6.45) is -2.25. The number of carboxylic acids is 1. The number of benzene rings is 1. The summed E-state index contributed by atoms with van der Waals surface area (Å²) in [5, 5.41) is 20.7. The summed E-state index contributed by atoms with van der Waals surface area (Å²) in [4.78, 5) is 22.2. The number of hydrogen-bond donors (Lipinski definition) is 3. The molecule has 0 fully saturated rings. The third-order valence-electron chi connectivity index (χ3n) is 2.40. The summed E-state index contributed by atoms with van der Waals surface area (Å²) in [5.41, 5.74) is 0.281. The van der Waals surface area contributed by atoms with Crippen LogP contribution in [0.2, 0.25) is 5.02 Å². The van der Waals surface area contributed by atoms with E-state index in [1.807, 2.05) is 0 Å². The molecule has 6 nitrogen and oxygen atoms in total. The predicted molar refractivity (Wildman–Crippen MR) is 78.7 cm³/mol. The lowest BCUT2D eigenvalue weighted by atomic mass is 10.1. The molecular weight excluding hydrogens is 298 g/mol. The molecule has 0 aromatic heterocycles. The van der Waals surface area contributed by atoms with Crippen molar-refractivity contribution in [3.05, 3.63) is 28.8 Å². The molecule has 0 saturated carbocycles. The first-order valence-corrected chi connectivity index (χ1v) is 6.65. The van der Waals surface area contributed by atoms with Gasteiger partial charge < -0.3 is 14.9 Å². The average Bonchev–Trinajstić information content (AvgIpc) is 2.29. The van der Waals surface area contributed by atoms with E-state index in [9.17, 15) is 14.7 Å². The maximum Gasteiger partial charge on any atom is 0.412 e. The second-order valence-electron chi connectivity index (χ2n) is 5.49. The second kappa shape index (κ2) is 6.78. The summed E-state index contributed by atoms with van der Waals surface area (Å²) < 4.78 is 5.10. The monoisotopic (exact) mass is 315 g/mol. The lowest BCUT2D eigenvalue weighted by Crippen LogP contribution is -2.27. The Morgan fingerprint density at radius 1 is 1.38 bits per heavy atom. The Hall–Kier alpha value is -1.79. The van der Waals surface area contributed by atoms with Crippen molar-refractivity contribution in [1.29, 1.82) is 0 Å². The van der Waals surface area contributed by atoms with Crippen molar-refractivity contribution in [1.82, 2.24) is 0 Å². The molecule has 0 spiro atoms. The highest BCUT2D eigenvalue weighted by molar-refractivity contribution is 6.31. The number of aliphatic carboxylic acids is 1. The molecule has 0 bridgehead atoms.